The third-order valence-corrected chi connectivity index (χ3v) is 6.46. The first-order valence-corrected chi connectivity index (χ1v) is 11.3. The third kappa shape index (κ3) is 4.66. The van der Waals surface area contributed by atoms with Crippen LogP contribution in [-0.4, -0.2) is 16.0 Å². The zero-order valence-corrected chi connectivity index (χ0v) is 19.7. The van der Waals surface area contributed by atoms with E-state index in [2.05, 4.69) is 15.9 Å². The fraction of sp³-hybridized carbons (Fsp3) is 0.0833. The third-order valence-electron chi connectivity index (χ3n) is 4.82. The maximum atomic E-state index is 13.3. The number of hydrogen-bond donors (Lipinski definition) is 0. The normalized spacial score (nSPS) is 16.2. The lowest BCUT2D eigenvalue weighted by Crippen LogP contribution is -2.28. The van der Waals surface area contributed by atoms with Crippen LogP contribution in [-0.2, 0) is 4.79 Å². The van der Waals surface area contributed by atoms with Crippen LogP contribution in [0.1, 0.15) is 16.7 Å². The van der Waals surface area contributed by atoms with E-state index in [0.29, 0.717) is 25.8 Å². The van der Waals surface area contributed by atoms with Gasteiger partial charge in [0.15, 0.2) is 5.17 Å². The number of nitrogens with zero attached hydrogens (tertiary/aromatic N) is 3. The summed E-state index contributed by atoms with van der Waals surface area (Å²) in [4.78, 5) is 30.9. The Hall–Kier alpha value is -3.23. The van der Waals surface area contributed by atoms with Crippen LogP contribution in [0.4, 0.5) is 17.1 Å². The first kappa shape index (κ1) is 22.0. The summed E-state index contributed by atoms with van der Waals surface area (Å²) >= 11 is 4.44. The average Bonchev–Trinajstić information content (AvgIpc) is 3.06. The summed E-state index contributed by atoms with van der Waals surface area (Å²) in [5.41, 5.74) is 4.17. The Morgan fingerprint density at radius 3 is 2.25 bits per heavy atom. The molecule has 32 heavy (non-hydrogen) atoms. The average molecular weight is 508 g/mol. The molecular formula is C24H18BrN3O3S. The topological polar surface area (TPSA) is 75.8 Å². The van der Waals surface area contributed by atoms with Crippen LogP contribution in [0.3, 0.4) is 0 Å². The van der Waals surface area contributed by atoms with Gasteiger partial charge in [-0.15, -0.1) is 0 Å². The molecule has 1 fully saturated rings. The number of anilines is 1. The molecule has 6 nitrogen and oxygen atoms in total. The number of nitro groups is 1. The molecular weight excluding hydrogens is 490 g/mol. The number of amidine groups is 1. The molecule has 0 saturated carbocycles. The smallest absolute Gasteiger partial charge is 0.268 e. The Bertz CT molecular complexity index is 1270. The number of nitro benzene ring substituents is 1. The summed E-state index contributed by atoms with van der Waals surface area (Å²) in [7, 11) is 0. The van der Waals surface area contributed by atoms with Crippen molar-refractivity contribution in [2.45, 2.75) is 13.8 Å². The second-order valence-corrected chi connectivity index (χ2v) is 9.15. The number of carbonyl (C=O) groups excluding carboxylic acids is 1. The number of benzene rings is 3. The minimum Gasteiger partial charge on any atom is -0.268 e. The highest BCUT2D eigenvalue weighted by atomic mass is 79.9. The van der Waals surface area contributed by atoms with Crippen LogP contribution in [0, 0.1) is 24.0 Å². The predicted octanol–water partition coefficient (Wildman–Crippen LogP) is 6.78. The van der Waals surface area contributed by atoms with E-state index < -0.39 is 4.92 Å². The minimum atomic E-state index is -0.460. The molecule has 1 amide bonds. The molecule has 0 spiro atoms. The van der Waals surface area contributed by atoms with E-state index in [1.165, 1.54) is 17.8 Å². The van der Waals surface area contributed by atoms with Crippen molar-refractivity contribution in [2.75, 3.05) is 4.90 Å². The van der Waals surface area contributed by atoms with Gasteiger partial charge in [-0.1, -0.05) is 41.5 Å². The summed E-state index contributed by atoms with van der Waals surface area (Å²) in [5.74, 6) is -0.227. The number of hydrogen-bond acceptors (Lipinski definition) is 5. The number of aryl methyl sites for hydroxylation is 2. The largest absolute Gasteiger partial charge is 0.284 e. The molecule has 3 aromatic rings. The zero-order valence-electron chi connectivity index (χ0n) is 17.3. The van der Waals surface area contributed by atoms with Gasteiger partial charge in [-0.05, 0) is 83.5 Å². The van der Waals surface area contributed by atoms with Gasteiger partial charge < -0.3 is 0 Å². The Kier molecular flexibility index (Phi) is 6.25. The van der Waals surface area contributed by atoms with Crippen LogP contribution in [0.5, 0.6) is 0 Å². The fourth-order valence-electron chi connectivity index (χ4n) is 3.11. The number of rotatable bonds is 4. The molecule has 0 atom stereocenters. The molecule has 8 heteroatoms. The molecule has 0 bridgehead atoms. The zero-order chi connectivity index (χ0) is 22.8. The Morgan fingerprint density at radius 2 is 1.62 bits per heavy atom. The summed E-state index contributed by atoms with van der Waals surface area (Å²) in [6.07, 6.45) is 1.66. The van der Waals surface area contributed by atoms with E-state index in [0.717, 1.165) is 16.8 Å². The second-order valence-electron chi connectivity index (χ2n) is 7.28. The van der Waals surface area contributed by atoms with Crippen LogP contribution in [0.25, 0.3) is 6.08 Å². The number of halogens is 1. The second kappa shape index (κ2) is 9.10. The summed E-state index contributed by atoms with van der Waals surface area (Å²) in [5, 5.41) is 11.8. The Morgan fingerprint density at radius 1 is 1.00 bits per heavy atom. The van der Waals surface area contributed by atoms with Crippen LogP contribution >= 0.6 is 27.7 Å². The van der Waals surface area contributed by atoms with E-state index in [4.69, 9.17) is 4.99 Å². The van der Waals surface area contributed by atoms with Crippen molar-refractivity contribution >= 4 is 61.9 Å². The highest BCUT2D eigenvalue weighted by Crippen LogP contribution is 2.38. The van der Waals surface area contributed by atoms with Crippen LogP contribution in [0.2, 0.25) is 0 Å². The van der Waals surface area contributed by atoms with Gasteiger partial charge in [-0.25, -0.2) is 4.99 Å². The number of amides is 1. The van der Waals surface area contributed by atoms with Crippen LogP contribution in [0.15, 0.2) is 81.1 Å². The minimum absolute atomic E-state index is 0.0567. The standard InChI is InChI=1S/C24H18BrN3O3S/c1-15-3-8-18(9-4-15)26-24-27(19-10-5-16(2)6-11-19)23(29)22(32-24)14-17-7-12-20(25)21(13-17)28(30)31/h3-14H,1-2H3/b22-14+,26-24?. The Labute approximate surface area is 198 Å². The van der Waals surface area contributed by atoms with E-state index in [-0.39, 0.29) is 11.6 Å². The lowest BCUT2D eigenvalue weighted by molar-refractivity contribution is -0.385. The van der Waals surface area contributed by atoms with Crippen molar-refractivity contribution < 1.29 is 9.72 Å². The summed E-state index contributed by atoms with van der Waals surface area (Å²) in [6, 6.07) is 20.2. The van der Waals surface area contributed by atoms with E-state index in [9.17, 15) is 14.9 Å². The first-order valence-electron chi connectivity index (χ1n) is 9.72. The molecule has 1 aliphatic heterocycles. The van der Waals surface area contributed by atoms with E-state index in [1.54, 1.807) is 23.1 Å². The molecule has 1 aliphatic rings. The maximum absolute atomic E-state index is 13.3. The fourth-order valence-corrected chi connectivity index (χ4v) is 4.50. The van der Waals surface area contributed by atoms with Crippen molar-refractivity contribution in [1.82, 2.24) is 0 Å². The maximum Gasteiger partial charge on any atom is 0.284 e. The molecule has 0 aromatic heterocycles. The first-order chi connectivity index (χ1) is 15.3. The van der Waals surface area contributed by atoms with Gasteiger partial charge in [0.25, 0.3) is 11.6 Å². The van der Waals surface area contributed by atoms with Gasteiger partial charge >= 0.3 is 0 Å². The van der Waals surface area contributed by atoms with Gasteiger partial charge in [-0.3, -0.25) is 19.8 Å². The van der Waals surface area contributed by atoms with Crippen molar-refractivity contribution in [2.24, 2.45) is 4.99 Å². The lowest BCUT2D eigenvalue weighted by Gasteiger charge is -2.16. The number of carbonyl (C=O) groups is 1. The molecule has 1 heterocycles. The van der Waals surface area contributed by atoms with Crippen molar-refractivity contribution in [3.05, 3.63) is 103 Å². The van der Waals surface area contributed by atoms with Crippen LogP contribution < -0.4 is 4.90 Å². The molecule has 0 N–H and O–H groups in total. The monoisotopic (exact) mass is 507 g/mol. The Balaban J connectivity index is 1.77. The molecule has 1 saturated heterocycles. The molecule has 0 radical (unpaired) electrons. The van der Waals surface area contributed by atoms with Gasteiger partial charge in [0.1, 0.15) is 0 Å². The van der Waals surface area contributed by atoms with Gasteiger partial charge in [0.05, 0.1) is 25.7 Å². The summed E-state index contributed by atoms with van der Waals surface area (Å²) < 4.78 is 0.387. The SMILES string of the molecule is Cc1ccc(N=C2S/C(=C/c3ccc(Br)c([N+](=O)[O-])c3)C(=O)N2c2ccc(C)cc2)cc1. The molecule has 0 aliphatic carbocycles. The molecule has 4 rings (SSSR count). The van der Waals surface area contributed by atoms with E-state index in [1.807, 2.05) is 62.4 Å². The summed E-state index contributed by atoms with van der Waals surface area (Å²) in [6.45, 7) is 3.99. The van der Waals surface area contributed by atoms with Crippen molar-refractivity contribution in [3.8, 4) is 0 Å². The van der Waals surface area contributed by atoms with E-state index >= 15 is 0 Å². The molecule has 0 unspecified atom stereocenters. The quantitative estimate of drug-likeness (QED) is 0.221. The lowest BCUT2D eigenvalue weighted by atomic mass is 10.2. The van der Waals surface area contributed by atoms with Gasteiger partial charge in [0.2, 0.25) is 0 Å². The molecule has 3 aromatic carbocycles. The highest BCUT2D eigenvalue weighted by molar-refractivity contribution is 9.10. The van der Waals surface area contributed by atoms with Crippen molar-refractivity contribution in [1.29, 1.82) is 0 Å². The number of thioether (sulfide) groups is 1. The molecule has 160 valence electrons. The predicted molar refractivity (Wildman–Crippen MR) is 133 cm³/mol. The van der Waals surface area contributed by atoms with Crippen molar-refractivity contribution in [3.63, 3.8) is 0 Å². The number of aliphatic imine (C=N–C) groups is 1. The van der Waals surface area contributed by atoms with Gasteiger partial charge in [0, 0.05) is 6.07 Å². The van der Waals surface area contributed by atoms with Gasteiger partial charge in [-0.2, -0.15) is 0 Å². The highest BCUT2D eigenvalue weighted by Gasteiger charge is 2.34.